The SMILES string of the molecule is CN(CCC1CCCCO1)Cc1cnc(S(C)(=O)=O)n1CC1CCCCC1. The van der Waals surface area contributed by atoms with E-state index in [1.54, 1.807) is 6.20 Å². The molecule has 0 N–H and O–H groups in total. The van der Waals surface area contributed by atoms with Gasteiger partial charge in [-0.3, -0.25) is 0 Å². The second-order valence-corrected chi connectivity index (χ2v) is 10.3. The highest BCUT2D eigenvalue weighted by Gasteiger charge is 2.23. The van der Waals surface area contributed by atoms with Crippen LogP contribution in [0.15, 0.2) is 11.4 Å². The molecule has 1 saturated carbocycles. The Morgan fingerprint density at radius 3 is 2.59 bits per heavy atom. The van der Waals surface area contributed by atoms with Crippen LogP contribution in [0.3, 0.4) is 0 Å². The molecule has 0 bridgehead atoms. The van der Waals surface area contributed by atoms with Crippen LogP contribution in [0.2, 0.25) is 0 Å². The van der Waals surface area contributed by atoms with Gasteiger partial charge in [-0.2, -0.15) is 0 Å². The van der Waals surface area contributed by atoms with Gasteiger partial charge in [-0.1, -0.05) is 19.3 Å². The van der Waals surface area contributed by atoms with E-state index in [-0.39, 0.29) is 5.16 Å². The van der Waals surface area contributed by atoms with E-state index in [1.807, 2.05) is 4.57 Å². The van der Waals surface area contributed by atoms with Gasteiger partial charge in [-0.25, -0.2) is 13.4 Å². The summed E-state index contributed by atoms with van der Waals surface area (Å²) in [6.07, 6.45) is 14.2. The maximum atomic E-state index is 12.2. The van der Waals surface area contributed by atoms with Gasteiger partial charge in [0, 0.05) is 32.5 Å². The minimum absolute atomic E-state index is 0.229. The molecule has 3 rings (SSSR count). The summed E-state index contributed by atoms with van der Waals surface area (Å²) in [5.41, 5.74) is 1.01. The van der Waals surface area contributed by atoms with E-state index in [0.717, 1.165) is 44.8 Å². The summed E-state index contributed by atoms with van der Waals surface area (Å²) in [6.45, 7) is 3.34. The van der Waals surface area contributed by atoms with Crippen molar-refractivity contribution in [1.29, 1.82) is 0 Å². The van der Waals surface area contributed by atoms with Crippen LogP contribution in [0.25, 0.3) is 0 Å². The summed E-state index contributed by atoms with van der Waals surface area (Å²) in [7, 11) is -1.22. The third-order valence-electron chi connectivity index (χ3n) is 5.94. The van der Waals surface area contributed by atoms with Gasteiger partial charge in [-0.05, 0) is 51.5 Å². The van der Waals surface area contributed by atoms with Crippen molar-refractivity contribution in [2.75, 3.05) is 26.5 Å². The number of rotatable bonds is 8. The fourth-order valence-electron chi connectivity index (χ4n) is 4.39. The molecule has 27 heavy (non-hydrogen) atoms. The van der Waals surface area contributed by atoms with E-state index in [0.29, 0.717) is 12.0 Å². The summed E-state index contributed by atoms with van der Waals surface area (Å²) in [5.74, 6) is 0.563. The number of ether oxygens (including phenoxy) is 1. The van der Waals surface area contributed by atoms with Gasteiger partial charge < -0.3 is 14.2 Å². The molecule has 0 radical (unpaired) electrons. The van der Waals surface area contributed by atoms with Crippen molar-refractivity contribution in [1.82, 2.24) is 14.5 Å². The van der Waals surface area contributed by atoms with Crippen LogP contribution in [0.5, 0.6) is 0 Å². The highest BCUT2D eigenvalue weighted by atomic mass is 32.2. The molecule has 1 aliphatic carbocycles. The lowest BCUT2D eigenvalue weighted by Gasteiger charge is -2.26. The van der Waals surface area contributed by atoms with E-state index in [4.69, 9.17) is 4.74 Å². The van der Waals surface area contributed by atoms with E-state index in [9.17, 15) is 8.42 Å². The van der Waals surface area contributed by atoms with Gasteiger partial charge in [0.15, 0.2) is 0 Å². The number of nitrogens with zero attached hydrogens (tertiary/aromatic N) is 3. The van der Waals surface area contributed by atoms with Gasteiger partial charge >= 0.3 is 0 Å². The Morgan fingerprint density at radius 2 is 1.93 bits per heavy atom. The lowest BCUT2D eigenvalue weighted by atomic mass is 9.89. The van der Waals surface area contributed by atoms with Crippen molar-refractivity contribution in [3.63, 3.8) is 0 Å². The maximum absolute atomic E-state index is 12.2. The Bertz CT molecular complexity index is 689. The van der Waals surface area contributed by atoms with Crippen LogP contribution >= 0.6 is 0 Å². The third kappa shape index (κ3) is 6.03. The molecule has 1 aromatic heterocycles. The van der Waals surface area contributed by atoms with Crippen LogP contribution in [0.4, 0.5) is 0 Å². The summed E-state index contributed by atoms with van der Waals surface area (Å²) in [6, 6.07) is 0. The van der Waals surface area contributed by atoms with Gasteiger partial charge in [-0.15, -0.1) is 0 Å². The van der Waals surface area contributed by atoms with Crippen molar-refractivity contribution in [3.05, 3.63) is 11.9 Å². The highest BCUT2D eigenvalue weighted by molar-refractivity contribution is 7.90. The molecule has 154 valence electrons. The van der Waals surface area contributed by atoms with Crippen LogP contribution in [-0.4, -0.2) is 55.4 Å². The number of hydrogen-bond donors (Lipinski definition) is 0. The van der Waals surface area contributed by atoms with Gasteiger partial charge in [0.2, 0.25) is 15.0 Å². The smallest absolute Gasteiger partial charge is 0.227 e. The molecule has 1 aromatic rings. The topological polar surface area (TPSA) is 64.4 Å². The molecule has 1 atom stereocenters. The van der Waals surface area contributed by atoms with Crippen molar-refractivity contribution < 1.29 is 13.2 Å². The zero-order chi connectivity index (χ0) is 19.3. The summed E-state index contributed by atoms with van der Waals surface area (Å²) < 4.78 is 32.2. The number of sulfone groups is 1. The quantitative estimate of drug-likeness (QED) is 0.674. The van der Waals surface area contributed by atoms with Crippen molar-refractivity contribution in [2.24, 2.45) is 5.92 Å². The molecular formula is C20H35N3O3S. The fraction of sp³-hybridized carbons (Fsp3) is 0.850. The Morgan fingerprint density at radius 1 is 1.19 bits per heavy atom. The summed E-state index contributed by atoms with van der Waals surface area (Å²) in [5, 5.41) is 0.229. The Hall–Kier alpha value is -0.920. The van der Waals surface area contributed by atoms with Crippen LogP contribution in [0, 0.1) is 5.92 Å². The first-order valence-electron chi connectivity index (χ1n) is 10.5. The molecule has 1 aliphatic heterocycles. The molecular weight excluding hydrogens is 362 g/mol. The first-order chi connectivity index (χ1) is 12.9. The molecule has 1 saturated heterocycles. The Balaban J connectivity index is 1.65. The largest absolute Gasteiger partial charge is 0.378 e. The second-order valence-electron chi connectivity index (χ2n) is 8.43. The fourth-order valence-corrected chi connectivity index (χ4v) is 5.23. The molecule has 0 amide bonds. The molecule has 0 spiro atoms. The molecule has 0 aromatic carbocycles. The van der Waals surface area contributed by atoms with E-state index in [1.165, 1.54) is 51.2 Å². The second kappa shape index (κ2) is 9.52. The van der Waals surface area contributed by atoms with E-state index >= 15 is 0 Å². The number of hydrogen-bond acceptors (Lipinski definition) is 5. The van der Waals surface area contributed by atoms with Crippen LogP contribution in [-0.2, 0) is 27.7 Å². The van der Waals surface area contributed by atoms with Crippen LogP contribution in [0.1, 0.15) is 63.5 Å². The molecule has 2 fully saturated rings. The molecule has 1 unspecified atom stereocenters. The van der Waals surface area contributed by atoms with E-state index < -0.39 is 9.84 Å². The predicted octanol–water partition coefficient (Wildman–Crippen LogP) is 3.26. The lowest BCUT2D eigenvalue weighted by Crippen LogP contribution is -2.28. The van der Waals surface area contributed by atoms with Crippen molar-refractivity contribution in [2.45, 2.75) is 82.1 Å². The number of aromatic nitrogens is 2. The van der Waals surface area contributed by atoms with Crippen molar-refractivity contribution in [3.8, 4) is 0 Å². The normalized spacial score (nSPS) is 22.4. The molecule has 2 aliphatic rings. The first kappa shape index (κ1) is 20.8. The lowest BCUT2D eigenvalue weighted by molar-refractivity contribution is 0.00630. The molecule has 7 heteroatoms. The standard InChI is InChI=1S/C20H35N3O3S/c1-22(12-11-19-10-6-7-13-26-19)16-18-14-21-20(27(2,24)25)23(18)15-17-8-4-3-5-9-17/h14,17,19H,3-13,15-16H2,1-2H3. The minimum Gasteiger partial charge on any atom is -0.378 e. The van der Waals surface area contributed by atoms with Crippen LogP contribution < -0.4 is 0 Å². The zero-order valence-corrected chi connectivity index (χ0v) is 17.7. The highest BCUT2D eigenvalue weighted by Crippen LogP contribution is 2.27. The summed E-state index contributed by atoms with van der Waals surface area (Å²) in [4.78, 5) is 6.54. The Kier molecular flexibility index (Phi) is 7.34. The minimum atomic E-state index is -3.32. The third-order valence-corrected chi connectivity index (χ3v) is 6.93. The number of imidazole rings is 1. The van der Waals surface area contributed by atoms with Gasteiger partial charge in [0.1, 0.15) is 0 Å². The Labute approximate surface area is 164 Å². The molecule has 6 nitrogen and oxygen atoms in total. The predicted molar refractivity (Wildman–Crippen MR) is 106 cm³/mol. The molecule has 2 heterocycles. The zero-order valence-electron chi connectivity index (χ0n) is 16.9. The average molecular weight is 398 g/mol. The maximum Gasteiger partial charge on any atom is 0.227 e. The monoisotopic (exact) mass is 397 g/mol. The van der Waals surface area contributed by atoms with E-state index in [2.05, 4.69) is 16.9 Å². The van der Waals surface area contributed by atoms with Gasteiger partial charge in [0.05, 0.1) is 18.0 Å². The van der Waals surface area contributed by atoms with Crippen molar-refractivity contribution >= 4 is 9.84 Å². The summed E-state index contributed by atoms with van der Waals surface area (Å²) >= 11 is 0. The van der Waals surface area contributed by atoms with Gasteiger partial charge in [0.25, 0.3) is 0 Å². The average Bonchev–Trinajstić information content (AvgIpc) is 3.04. The first-order valence-corrected chi connectivity index (χ1v) is 12.4.